The summed E-state index contributed by atoms with van der Waals surface area (Å²) in [5.74, 6) is -2.47. The third-order valence-electron chi connectivity index (χ3n) is 4.64. The summed E-state index contributed by atoms with van der Waals surface area (Å²) in [6.45, 7) is 0. The predicted molar refractivity (Wildman–Crippen MR) is 114 cm³/mol. The molecule has 0 saturated carbocycles. The van der Waals surface area contributed by atoms with E-state index in [-0.39, 0.29) is 28.4 Å². The van der Waals surface area contributed by atoms with Gasteiger partial charge in [-0.2, -0.15) is 17.6 Å². The topological polar surface area (TPSA) is 111 Å². The summed E-state index contributed by atoms with van der Waals surface area (Å²) in [6.07, 6.45) is -7.16. The van der Waals surface area contributed by atoms with Crippen molar-refractivity contribution in [3.05, 3.63) is 66.2 Å². The molecule has 0 atom stereocenters. The lowest BCUT2D eigenvalue weighted by Crippen LogP contribution is -2.52. The summed E-state index contributed by atoms with van der Waals surface area (Å²) in [5, 5.41) is 6.86. The lowest BCUT2D eigenvalue weighted by atomic mass is 10.2. The van der Waals surface area contributed by atoms with E-state index in [9.17, 15) is 31.5 Å². The molecule has 36 heavy (non-hydrogen) atoms. The summed E-state index contributed by atoms with van der Waals surface area (Å²) < 4.78 is 81.1. The van der Waals surface area contributed by atoms with Crippen LogP contribution in [0.3, 0.4) is 0 Å². The average molecular weight is 510 g/mol. The zero-order chi connectivity index (χ0) is 26.1. The second-order valence-corrected chi connectivity index (χ2v) is 7.21. The fourth-order valence-corrected chi connectivity index (χ4v) is 2.97. The van der Waals surface area contributed by atoms with E-state index in [1.807, 2.05) is 0 Å². The number of hydrogen-bond donors (Lipinski definition) is 3. The number of nitrogens with one attached hydrogen (secondary N) is 3. The number of fused-ring (bicyclic) bond motifs is 1. The number of aromatic nitrogens is 1. The zero-order valence-corrected chi connectivity index (χ0v) is 18.1. The van der Waals surface area contributed by atoms with Crippen molar-refractivity contribution >= 4 is 23.3 Å². The molecule has 0 radical (unpaired) electrons. The smallest absolute Gasteiger partial charge is 0.456 e. The molecule has 1 aromatic heterocycles. The number of alkyl halides is 4. The number of carbonyl (C=O) groups excluding carboxylic acids is 2. The molecule has 1 aliphatic rings. The van der Waals surface area contributed by atoms with Crippen molar-refractivity contribution < 1.29 is 45.8 Å². The number of anilines is 2. The minimum Gasteiger partial charge on any atom is -0.456 e. The van der Waals surface area contributed by atoms with Crippen molar-refractivity contribution in [3.63, 3.8) is 0 Å². The third kappa shape index (κ3) is 5.06. The molecule has 3 aromatic rings. The van der Waals surface area contributed by atoms with Gasteiger partial charge in [0.15, 0.2) is 11.5 Å². The number of hydrogen-bond acceptors (Lipinski definition) is 6. The molecule has 1 aliphatic heterocycles. The van der Waals surface area contributed by atoms with Gasteiger partial charge in [0.25, 0.3) is 5.91 Å². The van der Waals surface area contributed by atoms with Gasteiger partial charge in [0.2, 0.25) is 0 Å². The number of urea groups is 1. The highest BCUT2D eigenvalue weighted by Crippen LogP contribution is 2.47. The number of halogens is 5. The van der Waals surface area contributed by atoms with Gasteiger partial charge < -0.3 is 30.2 Å². The van der Waals surface area contributed by atoms with E-state index >= 15 is 0 Å². The Morgan fingerprint density at radius 3 is 2.31 bits per heavy atom. The molecule has 9 nitrogen and oxygen atoms in total. The fraction of sp³-hybridized carbons (Fsp3) is 0.136. The van der Waals surface area contributed by atoms with Crippen LogP contribution >= 0.6 is 0 Å². The molecule has 14 heteroatoms. The maximum Gasteiger partial charge on any atom is 0.507 e. The molecule has 2 aromatic carbocycles. The Morgan fingerprint density at radius 2 is 1.61 bits per heavy atom. The minimum atomic E-state index is -4.92. The van der Waals surface area contributed by atoms with Gasteiger partial charge in [0.1, 0.15) is 17.3 Å². The number of benzene rings is 2. The highest BCUT2D eigenvalue weighted by Gasteiger charge is 2.65. The van der Waals surface area contributed by atoms with Crippen LogP contribution in [0.1, 0.15) is 10.4 Å². The number of carbonyl (C=O) groups is 2. The molecule has 0 aliphatic carbocycles. The van der Waals surface area contributed by atoms with Crippen LogP contribution in [0.15, 0.2) is 54.9 Å². The first-order valence-electron chi connectivity index (χ1n) is 9.98. The highest BCUT2D eigenvalue weighted by atomic mass is 19.3. The van der Waals surface area contributed by atoms with Crippen LogP contribution in [0.4, 0.5) is 38.1 Å². The molecule has 2 heterocycles. The molecule has 188 valence electrons. The lowest BCUT2D eigenvalue weighted by molar-refractivity contribution is -0.391. The largest absolute Gasteiger partial charge is 0.507 e. The van der Waals surface area contributed by atoms with E-state index in [0.717, 1.165) is 24.3 Å². The zero-order valence-electron chi connectivity index (χ0n) is 18.1. The van der Waals surface area contributed by atoms with Gasteiger partial charge in [-0.25, -0.2) is 9.18 Å². The Labute approximate surface area is 199 Å². The van der Waals surface area contributed by atoms with Crippen LogP contribution in [-0.2, 0) is 0 Å². The number of amides is 3. The summed E-state index contributed by atoms with van der Waals surface area (Å²) in [5.41, 5.74) is -0.164. The molecule has 0 fully saturated rings. The second kappa shape index (κ2) is 9.20. The highest BCUT2D eigenvalue weighted by molar-refractivity contribution is 6.00. The van der Waals surface area contributed by atoms with Gasteiger partial charge in [-0.1, -0.05) is 0 Å². The van der Waals surface area contributed by atoms with Gasteiger partial charge in [-0.15, -0.1) is 0 Å². The number of nitrogens with zero attached hydrogens (tertiary/aromatic N) is 1. The molecule has 0 saturated heterocycles. The Kier molecular flexibility index (Phi) is 6.26. The first-order chi connectivity index (χ1) is 17.0. The van der Waals surface area contributed by atoms with Crippen LogP contribution in [-0.4, -0.2) is 36.2 Å². The second-order valence-electron chi connectivity index (χ2n) is 7.21. The third-order valence-corrected chi connectivity index (χ3v) is 4.64. The molecule has 3 N–H and O–H groups in total. The van der Waals surface area contributed by atoms with E-state index in [0.29, 0.717) is 0 Å². The molecular formula is C22H15F5N4O5. The maximum absolute atomic E-state index is 14.5. The first kappa shape index (κ1) is 24.5. The Hall–Kier alpha value is -4.62. The molecule has 0 unspecified atom stereocenters. The van der Waals surface area contributed by atoms with Crippen LogP contribution < -0.4 is 30.2 Å². The summed E-state index contributed by atoms with van der Waals surface area (Å²) in [7, 11) is 1.45. The number of pyridine rings is 1. The number of ether oxygens (including phenoxy) is 3. The monoisotopic (exact) mass is 510 g/mol. The van der Waals surface area contributed by atoms with E-state index < -0.39 is 41.5 Å². The van der Waals surface area contributed by atoms with Gasteiger partial charge in [0.05, 0.1) is 17.4 Å². The fourth-order valence-electron chi connectivity index (χ4n) is 2.97. The van der Waals surface area contributed by atoms with Crippen molar-refractivity contribution in [3.8, 4) is 23.0 Å². The molecule has 4 rings (SSSR count). The average Bonchev–Trinajstić information content (AvgIpc) is 2.81. The maximum atomic E-state index is 14.5. The molecule has 0 bridgehead atoms. The Balaban J connectivity index is 1.41. The minimum absolute atomic E-state index is 0.0406. The van der Waals surface area contributed by atoms with Gasteiger partial charge in [-0.05, 0) is 30.3 Å². The van der Waals surface area contributed by atoms with Gasteiger partial charge >= 0.3 is 18.2 Å². The molecular weight excluding hydrogens is 495 g/mol. The Morgan fingerprint density at radius 1 is 0.889 bits per heavy atom. The van der Waals surface area contributed by atoms with Crippen LogP contribution in [0.25, 0.3) is 0 Å². The predicted octanol–water partition coefficient (Wildman–Crippen LogP) is 4.97. The summed E-state index contributed by atoms with van der Waals surface area (Å²) in [6, 6.07) is 6.74. The number of rotatable bonds is 5. The van der Waals surface area contributed by atoms with E-state index in [1.54, 1.807) is 0 Å². The van der Waals surface area contributed by atoms with Crippen LogP contribution in [0, 0.1) is 5.82 Å². The van der Waals surface area contributed by atoms with Crippen molar-refractivity contribution in [1.29, 1.82) is 0 Å². The van der Waals surface area contributed by atoms with E-state index in [1.165, 1.54) is 37.6 Å². The van der Waals surface area contributed by atoms with Gasteiger partial charge in [-0.3, -0.25) is 9.78 Å². The molecule has 0 spiro atoms. The first-order valence-corrected chi connectivity index (χ1v) is 9.98. The summed E-state index contributed by atoms with van der Waals surface area (Å²) >= 11 is 0. The van der Waals surface area contributed by atoms with E-state index in [4.69, 9.17) is 4.74 Å². The standard InChI is InChI=1S/C22H15F5N4O5/c1-28-19(32)11-6-14(10-29-9-11)34-13-3-4-16(15(23)8-13)31-20(33)30-12-2-5-17-18(7-12)36-22(26,27)21(24,25)35-17/h2-10H,1H3,(H,28,32)(H2,30,31,33). The quantitative estimate of drug-likeness (QED) is 0.418. The SMILES string of the molecule is CNC(=O)c1cncc(Oc2ccc(NC(=O)Nc3ccc4c(c3)OC(F)(F)C(F)(F)O4)c(F)c2)c1. The van der Waals surface area contributed by atoms with Crippen molar-refractivity contribution in [1.82, 2.24) is 10.3 Å². The van der Waals surface area contributed by atoms with Crippen LogP contribution in [0.2, 0.25) is 0 Å². The van der Waals surface area contributed by atoms with Gasteiger partial charge in [0, 0.05) is 31.1 Å². The lowest BCUT2D eigenvalue weighted by Gasteiger charge is -2.31. The summed E-state index contributed by atoms with van der Waals surface area (Å²) in [4.78, 5) is 27.8. The Bertz CT molecular complexity index is 1340. The van der Waals surface area contributed by atoms with Crippen molar-refractivity contribution in [2.45, 2.75) is 12.2 Å². The molecule has 3 amide bonds. The normalized spacial score (nSPS) is 14.9. The van der Waals surface area contributed by atoms with E-state index in [2.05, 4.69) is 30.4 Å². The van der Waals surface area contributed by atoms with Crippen LogP contribution in [0.5, 0.6) is 23.0 Å². The van der Waals surface area contributed by atoms with Crippen molar-refractivity contribution in [2.75, 3.05) is 17.7 Å². The van der Waals surface area contributed by atoms with Crippen molar-refractivity contribution in [2.24, 2.45) is 0 Å².